The first-order chi connectivity index (χ1) is 10.9. The molecule has 0 unspecified atom stereocenters. The summed E-state index contributed by atoms with van der Waals surface area (Å²) >= 11 is 17.7. The van der Waals surface area contributed by atoms with Gasteiger partial charge in [0.1, 0.15) is 0 Å². The maximum atomic E-state index is 8.79. The molecule has 0 rings (SSSR count). The molecule has 0 aliphatic heterocycles. The van der Waals surface area contributed by atoms with Gasteiger partial charge in [0.05, 0.1) is 0 Å². The molecule has 0 atom stereocenters. The Balaban J connectivity index is 4.29. The largest absolute Gasteiger partial charge is 0.671 e. The third-order valence-electron chi connectivity index (χ3n) is 4.17. The van der Waals surface area contributed by atoms with Crippen molar-refractivity contribution in [3.8, 4) is 0 Å². The molecule has 0 heterocycles. The van der Waals surface area contributed by atoms with E-state index in [0.29, 0.717) is 24.1 Å². The van der Waals surface area contributed by atoms with Crippen molar-refractivity contribution in [3.63, 3.8) is 0 Å². The molecule has 0 fully saturated rings. The van der Waals surface area contributed by atoms with Crippen molar-refractivity contribution >= 4 is 43.9 Å². The Bertz CT molecular complexity index is 256. The number of unbranched alkanes of at least 4 members (excludes halogenated alkanes) is 2. The average molecular weight is 410 g/mol. The second-order valence-electron chi connectivity index (χ2n) is 6.11. The van der Waals surface area contributed by atoms with Crippen LogP contribution in [0.15, 0.2) is 0 Å². The van der Waals surface area contributed by atoms with Crippen LogP contribution in [0.1, 0.15) is 64.2 Å². The molecule has 0 amide bonds. The molecule has 3 N–H and O–H groups in total. The van der Waals surface area contributed by atoms with Crippen LogP contribution in [-0.4, -0.2) is 47.7 Å². The lowest BCUT2D eigenvalue weighted by Crippen LogP contribution is -2.39. The number of alkyl halides is 3. The Labute approximate surface area is 156 Å². The van der Waals surface area contributed by atoms with Gasteiger partial charge in [-0.05, 0) is 56.8 Å². The molecule has 0 saturated carbocycles. The van der Waals surface area contributed by atoms with E-state index >= 15 is 0 Å². The molecule has 140 valence electrons. The topological polar surface area (TPSA) is 69.9 Å². The Hall–Kier alpha value is 0.927. The Kier molecular flexibility index (Phi) is 14.7. The van der Waals surface area contributed by atoms with E-state index in [1.54, 1.807) is 0 Å². The van der Waals surface area contributed by atoms with Crippen LogP contribution < -0.4 is 0 Å². The van der Waals surface area contributed by atoms with E-state index in [9.17, 15) is 0 Å². The highest BCUT2D eigenvalue weighted by molar-refractivity contribution is 6.48. The van der Waals surface area contributed by atoms with Gasteiger partial charge < -0.3 is 18.8 Å². The predicted molar refractivity (Wildman–Crippen MR) is 99.1 cm³/mol. The first kappa shape index (κ1) is 23.9. The predicted octanol–water partition coefficient (Wildman–Crippen LogP) is 4.02. The molecule has 0 radical (unpaired) electrons. The van der Waals surface area contributed by atoms with Crippen molar-refractivity contribution in [2.75, 3.05) is 24.2 Å². The van der Waals surface area contributed by atoms with Gasteiger partial charge in [0.15, 0.2) is 0 Å². The van der Waals surface area contributed by atoms with E-state index in [-0.39, 0.29) is 12.0 Å². The van der Waals surface area contributed by atoms with Crippen molar-refractivity contribution in [1.29, 1.82) is 0 Å². The molecule has 0 aliphatic carbocycles. The van der Waals surface area contributed by atoms with E-state index < -0.39 is 9.05 Å². The molecular formula is C15H31Cl3O4Si. The quantitative estimate of drug-likeness (QED) is 0.204. The molecule has 0 aliphatic rings. The van der Waals surface area contributed by atoms with Crippen LogP contribution in [0.4, 0.5) is 0 Å². The molecule has 0 saturated heterocycles. The molecule has 0 aromatic rings. The maximum Gasteiger partial charge on any atom is 0.671 e. The summed E-state index contributed by atoms with van der Waals surface area (Å²) in [6.07, 6.45) is 10.1. The fourth-order valence-electron chi connectivity index (χ4n) is 3.06. The lowest BCUT2D eigenvalue weighted by atomic mass is 9.72. The molecule has 0 spiro atoms. The van der Waals surface area contributed by atoms with Gasteiger partial charge in [0, 0.05) is 24.2 Å². The van der Waals surface area contributed by atoms with Crippen molar-refractivity contribution in [2.45, 2.75) is 64.2 Å². The maximum absolute atomic E-state index is 8.79. The van der Waals surface area contributed by atoms with Gasteiger partial charge in [-0.1, -0.05) is 12.8 Å². The van der Waals surface area contributed by atoms with Crippen molar-refractivity contribution in [3.05, 3.63) is 0 Å². The minimum absolute atomic E-state index is 0.174. The van der Waals surface area contributed by atoms with Crippen molar-refractivity contribution < 1.29 is 18.8 Å². The van der Waals surface area contributed by atoms with Crippen LogP contribution in [-0.2, 0) is 4.43 Å². The minimum atomic E-state index is -4.35. The van der Waals surface area contributed by atoms with Gasteiger partial charge in [-0.15, -0.1) is 34.8 Å². The lowest BCUT2D eigenvalue weighted by molar-refractivity contribution is 0.0613. The third-order valence-corrected chi connectivity index (χ3v) is 5.56. The standard InChI is InChI=1S/C15H31Cl3O4Si/c16-11-4-8-15(9-5-12-17,10-6-13-18)7-2-1-3-14-22-23(19,20)21/h19-21H,1-14H2. The molecular weight excluding hydrogens is 379 g/mol. The number of hydrogen-bond donors (Lipinski definition) is 3. The van der Waals surface area contributed by atoms with Gasteiger partial charge >= 0.3 is 9.05 Å². The molecule has 23 heavy (non-hydrogen) atoms. The number of halogens is 3. The van der Waals surface area contributed by atoms with Crippen LogP contribution in [0.3, 0.4) is 0 Å². The second-order valence-corrected chi connectivity index (χ2v) is 8.68. The number of hydrogen-bond acceptors (Lipinski definition) is 4. The monoisotopic (exact) mass is 408 g/mol. The van der Waals surface area contributed by atoms with E-state index in [1.807, 2.05) is 0 Å². The van der Waals surface area contributed by atoms with Crippen LogP contribution >= 0.6 is 34.8 Å². The van der Waals surface area contributed by atoms with E-state index in [2.05, 4.69) is 4.43 Å². The van der Waals surface area contributed by atoms with E-state index in [0.717, 1.165) is 57.8 Å². The molecule has 8 heteroatoms. The van der Waals surface area contributed by atoms with Gasteiger partial charge in [0.2, 0.25) is 0 Å². The minimum Gasteiger partial charge on any atom is -0.368 e. The van der Waals surface area contributed by atoms with Crippen LogP contribution in [0.5, 0.6) is 0 Å². The summed E-state index contributed by atoms with van der Waals surface area (Å²) in [5, 5.41) is 0. The molecule has 0 bridgehead atoms. The first-order valence-corrected chi connectivity index (χ1v) is 11.7. The SMILES string of the molecule is O[Si](O)(O)OCCCCCC(CCCCl)(CCCCl)CCCCl. The number of rotatable bonds is 16. The van der Waals surface area contributed by atoms with Crippen molar-refractivity contribution in [1.82, 2.24) is 0 Å². The summed E-state index contributed by atoms with van der Waals surface area (Å²) in [6, 6.07) is 0. The summed E-state index contributed by atoms with van der Waals surface area (Å²) in [5.41, 5.74) is 0.253. The van der Waals surface area contributed by atoms with Gasteiger partial charge in [0.25, 0.3) is 0 Å². The van der Waals surface area contributed by atoms with E-state index in [1.165, 1.54) is 0 Å². The van der Waals surface area contributed by atoms with Crippen LogP contribution in [0.2, 0.25) is 0 Å². The molecule has 0 aromatic heterocycles. The lowest BCUT2D eigenvalue weighted by Gasteiger charge is -2.34. The highest BCUT2D eigenvalue weighted by Crippen LogP contribution is 2.40. The Morgan fingerprint density at radius 2 is 1.09 bits per heavy atom. The average Bonchev–Trinajstić information content (AvgIpc) is 2.50. The smallest absolute Gasteiger partial charge is 0.368 e. The van der Waals surface area contributed by atoms with Gasteiger partial charge in [-0.2, -0.15) is 0 Å². The highest BCUT2D eigenvalue weighted by atomic mass is 35.5. The summed E-state index contributed by atoms with van der Waals surface area (Å²) in [7, 11) is -4.35. The van der Waals surface area contributed by atoms with Gasteiger partial charge in [-0.25, -0.2) is 0 Å². The summed E-state index contributed by atoms with van der Waals surface area (Å²) in [5.74, 6) is 2.02. The van der Waals surface area contributed by atoms with E-state index in [4.69, 9.17) is 49.2 Å². The third kappa shape index (κ3) is 13.8. The van der Waals surface area contributed by atoms with Crippen LogP contribution in [0, 0.1) is 5.41 Å². The fraction of sp³-hybridized carbons (Fsp3) is 1.00. The van der Waals surface area contributed by atoms with Gasteiger partial charge in [-0.3, -0.25) is 0 Å². The fourth-order valence-corrected chi connectivity index (χ4v) is 3.88. The van der Waals surface area contributed by atoms with Crippen LogP contribution in [0.25, 0.3) is 0 Å². The molecule has 0 aromatic carbocycles. The Morgan fingerprint density at radius 3 is 1.48 bits per heavy atom. The highest BCUT2D eigenvalue weighted by Gasteiger charge is 2.30. The summed E-state index contributed by atoms with van der Waals surface area (Å²) in [4.78, 5) is 26.4. The summed E-state index contributed by atoms with van der Waals surface area (Å²) in [6.45, 7) is 0.174. The zero-order valence-corrected chi connectivity index (χ0v) is 17.1. The van der Waals surface area contributed by atoms with Crippen molar-refractivity contribution in [2.24, 2.45) is 5.41 Å². The second kappa shape index (κ2) is 14.1. The Morgan fingerprint density at radius 1 is 0.652 bits per heavy atom. The zero-order chi connectivity index (χ0) is 17.6. The first-order valence-electron chi connectivity index (χ1n) is 8.38. The zero-order valence-electron chi connectivity index (χ0n) is 13.8. The summed E-state index contributed by atoms with van der Waals surface area (Å²) < 4.78 is 4.61. The molecule has 4 nitrogen and oxygen atoms in total. The normalized spacial score (nSPS) is 12.8.